The van der Waals surface area contributed by atoms with Crippen LogP contribution in [0.2, 0.25) is 0 Å². The lowest BCUT2D eigenvalue weighted by Gasteiger charge is -1.99. The standard InChI is InChI=1S/C7H9FN2O3S/c1-3-13-7(11)5-4-6(12-2)9-10(5)14-8/h4H,3H2,1-2H3. The lowest BCUT2D eigenvalue weighted by molar-refractivity contribution is 0.0517. The van der Waals surface area contributed by atoms with Crippen LogP contribution < -0.4 is 4.74 Å². The van der Waals surface area contributed by atoms with Gasteiger partial charge in [0.05, 0.1) is 13.7 Å². The third-order valence-corrected chi connectivity index (χ3v) is 1.82. The van der Waals surface area contributed by atoms with Gasteiger partial charge >= 0.3 is 5.97 Å². The Morgan fingerprint density at radius 2 is 2.50 bits per heavy atom. The van der Waals surface area contributed by atoms with Crippen LogP contribution in [0.5, 0.6) is 5.88 Å². The summed E-state index contributed by atoms with van der Waals surface area (Å²) in [5.74, 6) is -0.466. The van der Waals surface area contributed by atoms with E-state index in [1.165, 1.54) is 13.2 Å². The summed E-state index contributed by atoms with van der Waals surface area (Å²) in [6, 6.07) is 1.31. The topological polar surface area (TPSA) is 53.4 Å². The molecule has 0 saturated carbocycles. The number of hydrogen-bond acceptors (Lipinski definition) is 5. The van der Waals surface area contributed by atoms with Crippen molar-refractivity contribution in [3.63, 3.8) is 0 Å². The van der Waals surface area contributed by atoms with E-state index < -0.39 is 5.97 Å². The van der Waals surface area contributed by atoms with Gasteiger partial charge in [0.1, 0.15) is 0 Å². The van der Waals surface area contributed by atoms with Crippen LogP contribution >= 0.6 is 12.3 Å². The molecule has 1 rings (SSSR count). The molecule has 1 aromatic heterocycles. The van der Waals surface area contributed by atoms with Gasteiger partial charge in [-0.25, -0.2) is 4.79 Å². The molecule has 0 amide bonds. The fourth-order valence-corrected chi connectivity index (χ4v) is 1.15. The molecule has 5 nitrogen and oxygen atoms in total. The summed E-state index contributed by atoms with van der Waals surface area (Å²) < 4.78 is 22.5. The molecule has 0 atom stereocenters. The van der Waals surface area contributed by atoms with Gasteiger partial charge in [-0.2, -0.15) is 4.09 Å². The first-order chi connectivity index (χ1) is 6.72. The maximum Gasteiger partial charge on any atom is 0.357 e. The number of rotatable bonds is 4. The van der Waals surface area contributed by atoms with Gasteiger partial charge in [-0.05, 0) is 6.92 Å². The van der Waals surface area contributed by atoms with E-state index in [4.69, 9.17) is 9.47 Å². The molecule has 0 aromatic carbocycles. The van der Waals surface area contributed by atoms with Crippen molar-refractivity contribution in [2.75, 3.05) is 13.7 Å². The Morgan fingerprint density at radius 3 is 3.00 bits per heavy atom. The van der Waals surface area contributed by atoms with Gasteiger partial charge in [0.2, 0.25) is 5.88 Å². The third-order valence-electron chi connectivity index (χ3n) is 1.41. The fourth-order valence-electron chi connectivity index (χ4n) is 0.839. The number of carbonyl (C=O) groups excluding carboxylic acids is 1. The van der Waals surface area contributed by atoms with Crippen LogP contribution in [-0.2, 0) is 4.74 Å². The Labute approximate surface area is 84.6 Å². The number of halogens is 1. The molecule has 0 aliphatic carbocycles. The molecule has 0 aliphatic rings. The normalized spacial score (nSPS) is 9.93. The van der Waals surface area contributed by atoms with Gasteiger partial charge in [-0.1, -0.05) is 0 Å². The zero-order chi connectivity index (χ0) is 10.6. The van der Waals surface area contributed by atoms with Crippen molar-refractivity contribution >= 4 is 18.3 Å². The van der Waals surface area contributed by atoms with Crippen LogP contribution in [0.1, 0.15) is 17.4 Å². The first-order valence-corrected chi connectivity index (χ1v) is 4.50. The predicted molar refractivity (Wildman–Crippen MR) is 48.8 cm³/mol. The lowest BCUT2D eigenvalue weighted by atomic mass is 10.4. The number of aromatic nitrogens is 2. The van der Waals surface area contributed by atoms with Crippen molar-refractivity contribution < 1.29 is 18.2 Å². The summed E-state index contributed by atoms with van der Waals surface area (Å²) in [6.07, 6.45) is 0. The molecule has 0 fully saturated rings. The second-order valence-corrected chi connectivity index (χ2v) is 2.72. The quantitative estimate of drug-likeness (QED) is 0.719. The highest BCUT2D eigenvalue weighted by molar-refractivity contribution is 7.92. The van der Waals surface area contributed by atoms with Gasteiger partial charge in [0.25, 0.3) is 0 Å². The smallest absolute Gasteiger partial charge is 0.357 e. The number of hydrogen-bond donors (Lipinski definition) is 0. The van der Waals surface area contributed by atoms with E-state index in [0.717, 1.165) is 4.09 Å². The Hall–Kier alpha value is -1.24. The Balaban J connectivity index is 2.93. The average Bonchev–Trinajstić information content (AvgIpc) is 2.61. The molecule has 1 heterocycles. The van der Waals surface area contributed by atoms with E-state index in [0.29, 0.717) is 0 Å². The van der Waals surface area contributed by atoms with Crippen molar-refractivity contribution in [3.05, 3.63) is 11.8 Å². The Morgan fingerprint density at radius 1 is 1.79 bits per heavy atom. The van der Waals surface area contributed by atoms with Crippen molar-refractivity contribution in [3.8, 4) is 5.88 Å². The minimum atomic E-state index is -0.631. The number of methoxy groups -OCH3 is 1. The number of esters is 1. The second-order valence-electron chi connectivity index (χ2n) is 2.23. The molecular weight excluding hydrogens is 211 g/mol. The minimum absolute atomic E-state index is 0.0104. The summed E-state index contributed by atoms with van der Waals surface area (Å²) in [7, 11) is 1.38. The summed E-state index contributed by atoms with van der Waals surface area (Å²) in [5.41, 5.74) is 0.0104. The predicted octanol–water partition coefficient (Wildman–Crippen LogP) is 1.45. The molecule has 0 saturated heterocycles. The molecule has 0 spiro atoms. The number of carbonyl (C=O) groups is 1. The molecule has 0 radical (unpaired) electrons. The van der Waals surface area contributed by atoms with E-state index in [1.54, 1.807) is 6.92 Å². The molecule has 14 heavy (non-hydrogen) atoms. The SMILES string of the molecule is CCOC(=O)c1cc(OC)nn1SF. The zero-order valence-electron chi connectivity index (χ0n) is 7.69. The summed E-state index contributed by atoms with van der Waals surface area (Å²) in [5, 5.41) is 3.63. The molecule has 0 bridgehead atoms. The van der Waals surface area contributed by atoms with Gasteiger partial charge in [-0.3, -0.25) is 0 Å². The number of nitrogens with zero attached hydrogens (tertiary/aromatic N) is 2. The zero-order valence-corrected chi connectivity index (χ0v) is 8.51. The maximum absolute atomic E-state index is 12.3. The van der Waals surface area contributed by atoms with E-state index in [2.05, 4.69) is 5.10 Å². The van der Waals surface area contributed by atoms with E-state index in [1.807, 2.05) is 0 Å². The molecule has 0 N–H and O–H groups in total. The van der Waals surface area contributed by atoms with Crippen LogP contribution in [0.3, 0.4) is 0 Å². The van der Waals surface area contributed by atoms with E-state index in [9.17, 15) is 8.68 Å². The largest absolute Gasteiger partial charge is 0.480 e. The molecule has 78 valence electrons. The van der Waals surface area contributed by atoms with Crippen molar-refractivity contribution in [1.29, 1.82) is 0 Å². The Kier molecular flexibility index (Phi) is 3.75. The number of ether oxygens (including phenoxy) is 2. The first kappa shape index (κ1) is 10.8. The van der Waals surface area contributed by atoms with E-state index in [-0.39, 0.29) is 30.5 Å². The highest BCUT2D eigenvalue weighted by atomic mass is 32.2. The summed E-state index contributed by atoms with van der Waals surface area (Å²) >= 11 is -0.189. The minimum Gasteiger partial charge on any atom is -0.480 e. The monoisotopic (exact) mass is 220 g/mol. The Bertz CT molecular complexity index is 329. The average molecular weight is 220 g/mol. The summed E-state index contributed by atoms with van der Waals surface area (Å²) in [4.78, 5) is 11.2. The lowest BCUT2D eigenvalue weighted by Crippen LogP contribution is -2.08. The van der Waals surface area contributed by atoms with Crippen LogP contribution in [0.4, 0.5) is 3.89 Å². The molecule has 1 aromatic rings. The highest BCUT2D eigenvalue weighted by Gasteiger charge is 2.17. The van der Waals surface area contributed by atoms with Crippen LogP contribution in [0.15, 0.2) is 6.07 Å². The van der Waals surface area contributed by atoms with E-state index >= 15 is 0 Å². The van der Waals surface area contributed by atoms with Gasteiger partial charge in [0.15, 0.2) is 18.0 Å². The first-order valence-electron chi connectivity index (χ1n) is 3.83. The summed E-state index contributed by atoms with van der Waals surface area (Å²) in [6.45, 7) is 1.89. The van der Waals surface area contributed by atoms with Crippen molar-refractivity contribution in [1.82, 2.24) is 9.19 Å². The molecule has 0 aliphatic heterocycles. The fraction of sp³-hybridized carbons (Fsp3) is 0.429. The molecule has 0 unspecified atom stereocenters. The van der Waals surface area contributed by atoms with Crippen LogP contribution in [0, 0.1) is 0 Å². The van der Waals surface area contributed by atoms with Crippen LogP contribution in [0.25, 0.3) is 0 Å². The van der Waals surface area contributed by atoms with Crippen molar-refractivity contribution in [2.45, 2.75) is 6.92 Å². The van der Waals surface area contributed by atoms with Crippen molar-refractivity contribution in [2.24, 2.45) is 0 Å². The highest BCUT2D eigenvalue weighted by Crippen LogP contribution is 2.18. The van der Waals surface area contributed by atoms with Crippen LogP contribution in [-0.4, -0.2) is 28.9 Å². The third kappa shape index (κ3) is 2.16. The van der Waals surface area contributed by atoms with Gasteiger partial charge in [0, 0.05) is 6.07 Å². The second kappa shape index (κ2) is 4.85. The maximum atomic E-state index is 12.3. The molecular formula is C7H9FN2O3S. The molecule has 7 heteroatoms. The van der Waals surface area contributed by atoms with Gasteiger partial charge < -0.3 is 9.47 Å². The van der Waals surface area contributed by atoms with Gasteiger partial charge in [-0.15, -0.1) is 8.98 Å².